The van der Waals surface area contributed by atoms with Crippen molar-refractivity contribution >= 4 is 10.8 Å². The highest BCUT2D eigenvalue weighted by Gasteiger charge is 2.45. The van der Waals surface area contributed by atoms with E-state index in [9.17, 15) is 9.50 Å². The summed E-state index contributed by atoms with van der Waals surface area (Å²) in [7, 11) is 2.18. The van der Waals surface area contributed by atoms with Gasteiger partial charge in [0.1, 0.15) is 5.82 Å². The van der Waals surface area contributed by atoms with Crippen molar-refractivity contribution in [3.05, 3.63) is 47.8 Å². The van der Waals surface area contributed by atoms with Crippen LogP contribution in [-0.2, 0) is 5.60 Å². The SMILES string of the molecule is CN1C2CCCC1CC(O)(c1ccc(F)c3ccccc13)C2. The molecule has 4 rings (SSSR count). The first-order valence-electron chi connectivity index (χ1n) is 8.20. The van der Waals surface area contributed by atoms with Crippen LogP contribution in [0.3, 0.4) is 0 Å². The van der Waals surface area contributed by atoms with E-state index in [-0.39, 0.29) is 5.82 Å². The van der Waals surface area contributed by atoms with Gasteiger partial charge in [0.05, 0.1) is 5.60 Å². The molecule has 2 fully saturated rings. The number of piperidine rings is 2. The van der Waals surface area contributed by atoms with Crippen LogP contribution in [0, 0.1) is 5.82 Å². The lowest BCUT2D eigenvalue weighted by atomic mass is 9.72. The summed E-state index contributed by atoms with van der Waals surface area (Å²) in [6.45, 7) is 0. The van der Waals surface area contributed by atoms with Crippen LogP contribution in [0.4, 0.5) is 4.39 Å². The maximum atomic E-state index is 14.1. The largest absolute Gasteiger partial charge is 0.385 e. The molecule has 1 N–H and O–H groups in total. The summed E-state index contributed by atoms with van der Waals surface area (Å²) in [5.41, 5.74) is 0.0600. The fourth-order valence-corrected chi connectivity index (χ4v) is 4.54. The Labute approximate surface area is 130 Å². The Morgan fingerprint density at radius 2 is 1.68 bits per heavy atom. The van der Waals surface area contributed by atoms with E-state index in [1.807, 2.05) is 18.2 Å². The Bertz CT molecular complexity index is 700. The van der Waals surface area contributed by atoms with Gasteiger partial charge in [0, 0.05) is 17.5 Å². The highest BCUT2D eigenvalue weighted by atomic mass is 19.1. The van der Waals surface area contributed by atoms with Gasteiger partial charge in [0.25, 0.3) is 0 Å². The molecule has 0 amide bonds. The summed E-state index contributed by atoms with van der Waals surface area (Å²) in [4.78, 5) is 2.43. The van der Waals surface area contributed by atoms with Gasteiger partial charge in [-0.1, -0.05) is 36.8 Å². The first kappa shape index (κ1) is 14.2. The molecule has 2 saturated heterocycles. The maximum absolute atomic E-state index is 14.1. The molecule has 116 valence electrons. The van der Waals surface area contributed by atoms with Gasteiger partial charge in [-0.3, -0.25) is 0 Å². The summed E-state index contributed by atoms with van der Waals surface area (Å²) in [5.74, 6) is -0.212. The van der Waals surface area contributed by atoms with Gasteiger partial charge in [-0.15, -0.1) is 0 Å². The van der Waals surface area contributed by atoms with Crippen LogP contribution in [0.1, 0.15) is 37.7 Å². The number of halogens is 1. The molecular weight excluding hydrogens is 277 g/mol. The molecule has 2 aromatic carbocycles. The lowest BCUT2D eigenvalue weighted by Crippen LogP contribution is -2.55. The molecular formula is C19H22FNO. The molecule has 0 aliphatic carbocycles. The van der Waals surface area contributed by atoms with Gasteiger partial charge in [-0.2, -0.15) is 0 Å². The standard InChI is InChI=1S/C19H22FNO/c1-21-13-5-4-6-14(21)12-19(22,11-13)17-9-10-18(20)16-8-3-2-7-15(16)17/h2-3,7-10,13-14,22H,4-6,11-12H2,1H3. The minimum Gasteiger partial charge on any atom is -0.385 e. The van der Waals surface area contributed by atoms with Crippen molar-refractivity contribution in [1.82, 2.24) is 4.90 Å². The Morgan fingerprint density at radius 1 is 1.05 bits per heavy atom. The third-order valence-corrected chi connectivity index (χ3v) is 5.75. The maximum Gasteiger partial charge on any atom is 0.131 e. The number of rotatable bonds is 1. The zero-order valence-electron chi connectivity index (χ0n) is 12.9. The zero-order chi connectivity index (χ0) is 15.3. The molecule has 22 heavy (non-hydrogen) atoms. The zero-order valence-corrected chi connectivity index (χ0v) is 12.9. The van der Waals surface area contributed by atoms with E-state index >= 15 is 0 Å². The fourth-order valence-electron chi connectivity index (χ4n) is 4.54. The predicted molar refractivity (Wildman–Crippen MR) is 86.2 cm³/mol. The molecule has 3 heteroatoms. The molecule has 0 aromatic heterocycles. The van der Waals surface area contributed by atoms with E-state index in [4.69, 9.17) is 0 Å². The van der Waals surface area contributed by atoms with Crippen LogP contribution in [0.25, 0.3) is 10.8 Å². The number of nitrogens with zero attached hydrogens (tertiary/aromatic N) is 1. The van der Waals surface area contributed by atoms with Crippen molar-refractivity contribution in [3.8, 4) is 0 Å². The minimum absolute atomic E-state index is 0.212. The van der Waals surface area contributed by atoms with Gasteiger partial charge < -0.3 is 10.0 Å². The first-order valence-corrected chi connectivity index (χ1v) is 8.20. The van der Waals surface area contributed by atoms with Crippen molar-refractivity contribution < 1.29 is 9.50 Å². The van der Waals surface area contributed by atoms with Gasteiger partial charge in [-0.05, 0) is 49.7 Å². The number of fused-ring (bicyclic) bond motifs is 3. The van der Waals surface area contributed by atoms with E-state index < -0.39 is 5.60 Å². The summed E-state index contributed by atoms with van der Waals surface area (Å²) in [5, 5.41) is 12.9. The fraction of sp³-hybridized carbons (Fsp3) is 0.474. The molecule has 0 radical (unpaired) electrons. The molecule has 2 unspecified atom stereocenters. The van der Waals surface area contributed by atoms with Crippen LogP contribution in [0.5, 0.6) is 0 Å². The third-order valence-electron chi connectivity index (χ3n) is 5.75. The van der Waals surface area contributed by atoms with Gasteiger partial charge in [0.2, 0.25) is 0 Å². The van der Waals surface area contributed by atoms with Crippen LogP contribution >= 0.6 is 0 Å². The number of hydrogen-bond donors (Lipinski definition) is 1. The first-order chi connectivity index (χ1) is 10.6. The highest BCUT2D eigenvalue weighted by Crippen LogP contribution is 2.45. The lowest BCUT2D eigenvalue weighted by molar-refractivity contribution is -0.0866. The van der Waals surface area contributed by atoms with E-state index in [1.54, 1.807) is 12.1 Å². The van der Waals surface area contributed by atoms with Crippen molar-refractivity contribution in [2.24, 2.45) is 0 Å². The molecule has 2 aliphatic rings. The van der Waals surface area contributed by atoms with E-state index in [0.29, 0.717) is 17.5 Å². The molecule has 0 saturated carbocycles. The third kappa shape index (κ3) is 2.07. The van der Waals surface area contributed by atoms with Crippen LogP contribution in [0.2, 0.25) is 0 Å². The second-order valence-corrected chi connectivity index (χ2v) is 6.98. The van der Waals surface area contributed by atoms with Gasteiger partial charge in [0.15, 0.2) is 0 Å². The Balaban J connectivity index is 1.83. The van der Waals surface area contributed by atoms with Crippen LogP contribution in [0.15, 0.2) is 36.4 Å². The highest BCUT2D eigenvalue weighted by molar-refractivity contribution is 5.87. The average molecular weight is 299 g/mol. The summed E-state index contributed by atoms with van der Waals surface area (Å²) >= 11 is 0. The molecule has 2 heterocycles. The van der Waals surface area contributed by atoms with Crippen molar-refractivity contribution in [1.29, 1.82) is 0 Å². The van der Waals surface area contributed by atoms with Gasteiger partial charge >= 0.3 is 0 Å². The number of aliphatic hydroxyl groups is 1. The lowest BCUT2D eigenvalue weighted by Gasteiger charge is -2.51. The van der Waals surface area contributed by atoms with E-state index in [1.165, 1.54) is 12.5 Å². The van der Waals surface area contributed by atoms with E-state index in [2.05, 4.69) is 11.9 Å². The van der Waals surface area contributed by atoms with Crippen LogP contribution < -0.4 is 0 Å². The van der Waals surface area contributed by atoms with Crippen molar-refractivity contribution in [2.75, 3.05) is 7.05 Å². The van der Waals surface area contributed by atoms with E-state index in [0.717, 1.165) is 36.6 Å². The monoisotopic (exact) mass is 299 g/mol. The Morgan fingerprint density at radius 3 is 2.36 bits per heavy atom. The second kappa shape index (κ2) is 5.04. The van der Waals surface area contributed by atoms with Gasteiger partial charge in [-0.25, -0.2) is 4.39 Å². The van der Waals surface area contributed by atoms with Crippen LogP contribution in [-0.4, -0.2) is 29.1 Å². The van der Waals surface area contributed by atoms with Crippen molar-refractivity contribution in [2.45, 2.75) is 49.8 Å². The smallest absolute Gasteiger partial charge is 0.131 e. The number of hydrogen-bond acceptors (Lipinski definition) is 2. The van der Waals surface area contributed by atoms with Crippen molar-refractivity contribution in [3.63, 3.8) is 0 Å². The topological polar surface area (TPSA) is 23.5 Å². The summed E-state index contributed by atoms with van der Waals surface area (Å²) in [6.07, 6.45) is 5.04. The summed E-state index contributed by atoms with van der Waals surface area (Å²) in [6, 6.07) is 11.7. The Hall–Kier alpha value is -1.45. The Kier molecular flexibility index (Phi) is 3.24. The normalized spacial score (nSPS) is 32.3. The molecule has 2 atom stereocenters. The molecule has 2 nitrogen and oxygen atoms in total. The average Bonchev–Trinajstić information content (AvgIpc) is 2.50. The molecule has 2 aliphatic heterocycles. The number of benzene rings is 2. The molecule has 2 aromatic rings. The predicted octanol–water partition coefficient (Wildman–Crippen LogP) is 3.81. The quantitative estimate of drug-likeness (QED) is 0.865. The molecule has 2 bridgehead atoms. The second-order valence-electron chi connectivity index (χ2n) is 6.98. The summed E-state index contributed by atoms with van der Waals surface area (Å²) < 4.78 is 14.1. The minimum atomic E-state index is -0.838. The molecule has 0 spiro atoms.